The van der Waals surface area contributed by atoms with Gasteiger partial charge in [-0.05, 0) is 61.2 Å². The number of carbonyl (C=O) groups is 2. The molecule has 2 aromatic carbocycles. The Hall–Kier alpha value is -3.73. The number of rotatable bonds is 8. The largest absolute Gasteiger partial charge is 0.478 e. The van der Waals surface area contributed by atoms with E-state index in [1.807, 2.05) is 53.6 Å². The Balaban J connectivity index is 1.09. The van der Waals surface area contributed by atoms with Crippen molar-refractivity contribution >= 4 is 40.2 Å². The molecular weight excluding hydrogens is 555 g/mol. The minimum absolute atomic E-state index is 0.0148. The number of urea groups is 1. The van der Waals surface area contributed by atoms with Crippen molar-refractivity contribution in [3.05, 3.63) is 101 Å². The standard InChI is InChI=1S/C31H31N5O3S2/c1-21-24(9-12-28(33-21)41-26-10-7-23(8-11-26)29(37)38)19-34-16-13-25(14-17-34)36-27(22-5-3-2-4-6-22)20-35(31(36)39)30-32-15-18-40-30/h2-12,15,18,25,27H,13-14,16-17,19-20H2,1H3,(H,37,38)/t27-/m0/s1. The van der Waals surface area contributed by atoms with Crippen LogP contribution in [0.1, 0.15) is 46.1 Å². The van der Waals surface area contributed by atoms with Crippen LogP contribution in [0.3, 0.4) is 0 Å². The number of thiazole rings is 1. The molecule has 1 atom stereocenters. The predicted molar refractivity (Wildman–Crippen MR) is 161 cm³/mol. The molecule has 0 spiro atoms. The molecule has 2 aliphatic rings. The van der Waals surface area contributed by atoms with E-state index >= 15 is 0 Å². The highest BCUT2D eigenvalue weighted by Gasteiger charge is 2.44. The fourth-order valence-electron chi connectivity index (χ4n) is 5.65. The molecule has 0 aliphatic carbocycles. The molecule has 1 N–H and O–H groups in total. The van der Waals surface area contributed by atoms with Crippen LogP contribution in [0.5, 0.6) is 0 Å². The molecule has 0 unspecified atom stereocenters. The highest BCUT2D eigenvalue weighted by Crippen LogP contribution is 2.37. The molecular formula is C31H31N5O3S2. The molecule has 2 amide bonds. The van der Waals surface area contributed by atoms with Crippen molar-refractivity contribution in [2.24, 2.45) is 0 Å². The lowest BCUT2D eigenvalue weighted by Crippen LogP contribution is -2.47. The third-order valence-corrected chi connectivity index (χ3v) is 9.55. The van der Waals surface area contributed by atoms with Crippen molar-refractivity contribution in [1.82, 2.24) is 19.8 Å². The first kappa shape index (κ1) is 27.4. The Morgan fingerprint density at radius 3 is 2.46 bits per heavy atom. The summed E-state index contributed by atoms with van der Waals surface area (Å²) >= 11 is 3.03. The summed E-state index contributed by atoms with van der Waals surface area (Å²) in [6.07, 6.45) is 3.60. The Morgan fingerprint density at radius 2 is 1.80 bits per heavy atom. The highest BCUT2D eigenvalue weighted by molar-refractivity contribution is 7.99. The number of benzene rings is 2. The number of pyridine rings is 1. The maximum atomic E-state index is 13.7. The van der Waals surface area contributed by atoms with Crippen molar-refractivity contribution < 1.29 is 14.7 Å². The number of carboxylic acid groups (broad SMARTS) is 1. The number of aromatic nitrogens is 2. The van der Waals surface area contributed by atoms with Gasteiger partial charge in [0.15, 0.2) is 5.13 Å². The zero-order chi connectivity index (χ0) is 28.3. The first-order chi connectivity index (χ1) is 20.0. The van der Waals surface area contributed by atoms with E-state index in [0.717, 1.165) is 53.2 Å². The molecule has 4 aromatic rings. The molecule has 0 bridgehead atoms. The van der Waals surface area contributed by atoms with Crippen LogP contribution >= 0.6 is 23.1 Å². The average Bonchev–Trinajstić information content (AvgIpc) is 3.64. The van der Waals surface area contributed by atoms with Gasteiger partial charge in [0.1, 0.15) is 5.03 Å². The number of aryl methyl sites for hydroxylation is 1. The molecule has 2 fully saturated rings. The molecule has 2 saturated heterocycles. The van der Waals surface area contributed by atoms with E-state index in [1.54, 1.807) is 18.3 Å². The van der Waals surface area contributed by atoms with E-state index in [9.17, 15) is 9.59 Å². The van der Waals surface area contributed by atoms with Crippen molar-refractivity contribution in [3.8, 4) is 0 Å². The first-order valence-corrected chi connectivity index (χ1v) is 15.4. The Kier molecular flexibility index (Phi) is 8.04. The monoisotopic (exact) mass is 585 g/mol. The van der Waals surface area contributed by atoms with Gasteiger partial charge in [0.2, 0.25) is 0 Å². The first-order valence-electron chi connectivity index (χ1n) is 13.7. The van der Waals surface area contributed by atoms with Crippen LogP contribution in [-0.4, -0.2) is 62.6 Å². The fourth-order valence-corrected chi connectivity index (χ4v) is 7.12. The minimum Gasteiger partial charge on any atom is -0.478 e. The van der Waals surface area contributed by atoms with E-state index in [4.69, 9.17) is 10.1 Å². The van der Waals surface area contributed by atoms with Crippen molar-refractivity contribution in [2.45, 2.75) is 48.3 Å². The molecule has 2 aliphatic heterocycles. The molecule has 10 heteroatoms. The molecule has 8 nitrogen and oxygen atoms in total. The Labute approximate surface area is 247 Å². The summed E-state index contributed by atoms with van der Waals surface area (Å²) in [5.41, 5.74) is 3.64. The lowest BCUT2D eigenvalue weighted by molar-refractivity contribution is 0.0696. The molecule has 4 heterocycles. The van der Waals surface area contributed by atoms with Gasteiger partial charge >= 0.3 is 12.0 Å². The number of anilines is 1. The van der Waals surface area contributed by atoms with Gasteiger partial charge < -0.3 is 10.0 Å². The van der Waals surface area contributed by atoms with Crippen molar-refractivity contribution in [3.63, 3.8) is 0 Å². The maximum absolute atomic E-state index is 13.7. The number of hydrogen-bond acceptors (Lipinski definition) is 7. The Bertz CT molecular complexity index is 1510. The summed E-state index contributed by atoms with van der Waals surface area (Å²) < 4.78 is 0. The summed E-state index contributed by atoms with van der Waals surface area (Å²) in [5.74, 6) is -0.926. The number of carbonyl (C=O) groups excluding carboxylic acids is 1. The SMILES string of the molecule is Cc1nc(Sc2ccc(C(=O)O)cc2)ccc1CN1CCC(N2C(=O)N(c3nccs3)C[C@H]2c2ccccc2)CC1. The van der Waals surface area contributed by atoms with E-state index < -0.39 is 5.97 Å². The number of piperidine rings is 1. The van der Waals surface area contributed by atoms with E-state index in [1.165, 1.54) is 34.2 Å². The third kappa shape index (κ3) is 6.00. The topological polar surface area (TPSA) is 89.9 Å². The van der Waals surface area contributed by atoms with Gasteiger partial charge in [-0.2, -0.15) is 0 Å². The van der Waals surface area contributed by atoms with E-state index in [2.05, 4.69) is 33.0 Å². The van der Waals surface area contributed by atoms with Gasteiger partial charge in [-0.15, -0.1) is 11.3 Å². The second-order valence-electron chi connectivity index (χ2n) is 10.4. The smallest absolute Gasteiger partial charge is 0.335 e. The number of aromatic carboxylic acids is 1. The highest BCUT2D eigenvalue weighted by atomic mass is 32.2. The van der Waals surface area contributed by atoms with Crippen LogP contribution in [0.25, 0.3) is 0 Å². The lowest BCUT2D eigenvalue weighted by Gasteiger charge is -2.39. The summed E-state index contributed by atoms with van der Waals surface area (Å²) in [6, 6.07) is 21.6. The van der Waals surface area contributed by atoms with Crippen LogP contribution < -0.4 is 4.90 Å². The summed E-state index contributed by atoms with van der Waals surface area (Å²) in [4.78, 5) is 41.4. The number of hydrogen-bond donors (Lipinski definition) is 1. The number of likely N-dealkylation sites (tertiary alicyclic amines) is 1. The van der Waals surface area contributed by atoms with Gasteiger partial charge in [-0.25, -0.2) is 19.6 Å². The number of carboxylic acids is 1. The van der Waals surface area contributed by atoms with Gasteiger partial charge in [0.05, 0.1) is 18.2 Å². The number of amides is 2. The van der Waals surface area contributed by atoms with Gasteiger partial charge in [0, 0.05) is 47.8 Å². The van der Waals surface area contributed by atoms with E-state index in [0.29, 0.717) is 6.54 Å². The van der Waals surface area contributed by atoms with Gasteiger partial charge in [-0.1, -0.05) is 48.2 Å². The summed E-state index contributed by atoms with van der Waals surface area (Å²) in [7, 11) is 0. The van der Waals surface area contributed by atoms with Crippen LogP contribution in [0.2, 0.25) is 0 Å². The second-order valence-corrected chi connectivity index (χ2v) is 12.3. The number of nitrogens with zero attached hydrogens (tertiary/aromatic N) is 5. The van der Waals surface area contributed by atoms with Gasteiger partial charge in [0.25, 0.3) is 0 Å². The average molecular weight is 586 g/mol. The van der Waals surface area contributed by atoms with Crippen molar-refractivity contribution in [1.29, 1.82) is 0 Å². The summed E-state index contributed by atoms with van der Waals surface area (Å²) in [5, 5.41) is 12.7. The van der Waals surface area contributed by atoms with Crippen LogP contribution in [-0.2, 0) is 6.54 Å². The maximum Gasteiger partial charge on any atom is 0.335 e. The van der Waals surface area contributed by atoms with Crippen LogP contribution in [0, 0.1) is 6.92 Å². The second kappa shape index (κ2) is 12.0. The molecule has 210 valence electrons. The molecule has 6 rings (SSSR count). The third-order valence-electron chi connectivity index (χ3n) is 7.82. The quantitative estimate of drug-likeness (QED) is 0.258. The summed E-state index contributed by atoms with van der Waals surface area (Å²) in [6.45, 7) is 5.32. The van der Waals surface area contributed by atoms with Crippen molar-refractivity contribution in [2.75, 3.05) is 24.5 Å². The molecule has 2 aromatic heterocycles. The van der Waals surface area contributed by atoms with Crippen LogP contribution in [0.15, 0.2) is 88.2 Å². The molecule has 0 radical (unpaired) electrons. The van der Waals surface area contributed by atoms with E-state index in [-0.39, 0.29) is 23.7 Å². The zero-order valence-electron chi connectivity index (χ0n) is 22.7. The predicted octanol–water partition coefficient (Wildman–Crippen LogP) is 6.34. The molecule has 41 heavy (non-hydrogen) atoms. The Morgan fingerprint density at radius 1 is 1.05 bits per heavy atom. The zero-order valence-corrected chi connectivity index (χ0v) is 24.4. The van der Waals surface area contributed by atoms with Crippen LogP contribution in [0.4, 0.5) is 9.93 Å². The fraction of sp³-hybridized carbons (Fsp3) is 0.290. The van der Waals surface area contributed by atoms with Gasteiger partial charge in [-0.3, -0.25) is 9.80 Å². The molecule has 0 saturated carbocycles. The lowest BCUT2D eigenvalue weighted by atomic mass is 9.98. The normalized spacial score (nSPS) is 18.3. The minimum atomic E-state index is -0.926.